The Labute approximate surface area is 199 Å². The van der Waals surface area contributed by atoms with Crippen LogP contribution in [0.15, 0.2) is 66.7 Å². The summed E-state index contributed by atoms with van der Waals surface area (Å²) in [5.41, 5.74) is 2.80. The molecule has 0 atom stereocenters. The number of aryl methyl sites for hydroxylation is 1. The monoisotopic (exact) mass is 482 g/mol. The van der Waals surface area contributed by atoms with Gasteiger partial charge in [-0.05, 0) is 54.4 Å². The van der Waals surface area contributed by atoms with E-state index in [1.54, 1.807) is 42.5 Å². The van der Waals surface area contributed by atoms with Crippen LogP contribution in [-0.4, -0.2) is 40.5 Å². The number of hydrogen-bond acceptors (Lipinski definition) is 6. The van der Waals surface area contributed by atoms with Crippen LogP contribution in [0.5, 0.6) is 17.2 Å². The Morgan fingerprint density at radius 3 is 2.53 bits per heavy atom. The molecule has 0 fully saturated rings. The van der Waals surface area contributed by atoms with Crippen molar-refractivity contribution >= 4 is 21.6 Å². The van der Waals surface area contributed by atoms with E-state index in [1.165, 1.54) is 4.31 Å². The molecule has 3 aromatic carbocycles. The third-order valence-electron chi connectivity index (χ3n) is 5.23. The molecule has 0 aliphatic carbocycles. The molecular weight excluding hydrogens is 456 g/mol. The molecule has 0 unspecified atom stereocenters. The van der Waals surface area contributed by atoms with Gasteiger partial charge in [-0.15, -0.1) is 0 Å². The van der Waals surface area contributed by atoms with Crippen molar-refractivity contribution < 1.29 is 27.4 Å². The normalized spacial score (nSPS) is 12.3. The summed E-state index contributed by atoms with van der Waals surface area (Å²) >= 11 is 0. The number of fused-ring (bicyclic) bond motifs is 1. The van der Waals surface area contributed by atoms with Crippen LogP contribution in [-0.2, 0) is 16.6 Å². The number of anilines is 1. The fourth-order valence-corrected chi connectivity index (χ4v) is 4.39. The summed E-state index contributed by atoms with van der Waals surface area (Å²) in [6.45, 7) is 2.93. The lowest BCUT2D eigenvalue weighted by atomic mass is 10.1. The summed E-state index contributed by atoms with van der Waals surface area (Å²) in [5, 5.41) is 2.82. The van der Waals surface area contributed by atoms with Gasteiger partial charge in [0.05, 0.1) is 25.0 Å². The van der Waals surface area contributed by atoms with Crippen LogP contribution in [0.4, 0.5) is 5.69 Å². The highest BCUT2D eigenvalue weighted by Gasteiger charge is 2.22. The van der Waals surface area contributed by atoms with Gasteiger partial charge >= 0.3 is 0 Å². The van der Waals surface area contributed by atoms with E-state index >= 15 is 0 Å². The predicted octanol–water partition coefficient (Wildman–Crippen LogP) is 3.50. The van der Waals surface area contributed by atoms with Gasteiger partial charge in [-0.25, -0.2) is 8.42 Å². The average Bonchev–Trinajstić information content (AvgIpc) is 3.28. The third-order valence-corrected chi connectivity index (χ3v) is 6.37. The number of nitrogens with zero attached hydrogens (tertiary/aromatic N) is 1. The van der Waals surface area contributed by atoms with Gasteiger partial charge in [-0.1, -0.05) is 24.3 Å². The number of benzene rings is 3. The van der Waals surface area contributed by atoms with Crippen molar-refractivity contribution in [1.29, 1.82) is 0 Å². The summed E-state index contributed by atoms with van der Waals surface area (Å²) < 4.78 is 42.5. The Hall–Kier alpha value is -3.72. The van der Waals surface area contributed by atoms with Crippen molar-refractivity contribution in [3.63, 3.8) is 0 Å². The quantitative estimate of drug-likeness (QED) is 0.469. The minimum atomic E-state index is -3.56. The molecule has 0 saturated carbocycles. The van der Waals surface area contributed by atoms with E-state index < -0.39 is 10.0 Å². The Bertz CT molecular complexity index is 1270. The van der Waals surface area contributed by atoms with E-state index in [0.29, 0.717) is 35.9 Å². The number of sulfonamides is 1. The maximum Gasteiger partial charge on any atom is 0.251 e. The Kier molecular flexibility index (Phi) is 6.93. The van der Waals surface area contributed by atoms with E-state index in [-0.39, 0.29) is 19.2 Å². The topological polar surface area (TPSA) is 94.2 Å². The van der Waals surface area contributed by atoms with E-state index in [0.717, 1.165) is 23.1 Å². The number of amides is 1. The van der Waals surface area contributed by atoms with Crippen LogP contribution in [0.1, 0.15) is 21.5 Å². The molecule has 0 aromatic heterocycles. The van der Waals surface area contributed by atoms with Gasteiger partial charge < -0.3 is 19.5 Å². The molecule has 8 nitrogen and oxygen atoms in total. The number of rotatable bonds is 9. The summed E-state index contributed by atoms with van der Waals surface area (Å²) in [7, 11) is -3.56. The van der Waals surface area contributed by atoms with Crippen LogP contribution in [0, 0.1) is 6.92 Å². The maximum absolute atomic E-state index is 12.5. The van der Waals surface area contributed by atoms with Gasteiger partial charge in [0.2, 0.25) is 16.8 Å². The maximum atomic E-state index is 12.5. The molecule has 1 aliphatic heterocycles. The molecule has 1 N–H and O–H groups in total. The number of carbonyl (C=O) groups is 1. The number of nitrogens with one attached hydrogen (secondary N) is 1. The van der Waals surface area contributed by atoms with Gasteiger partial charge in [0.25, 0.3) is 5.91 Å². The van der Waals surface area contributed by atoms with Crippen LogP contribution in [0.25, 0.3) is 0 Å². The molecule has 0 spiro atoms. The summed E-state index contributed by atoms with van der Waals surface area (Å²) in [4.78, 5) is 12.4. The molecule has 178 valence electrons. The first-order chi connectivity index (χ1) is 16.3. The number of ether oxygens (including phenoxy) is 3. The third kappa shape index (κ3) is 5.79. The Balaban J connectivity index is 1.35. The molecular formula is C25H26N2O6S. The molecule has 0 bridgehead atoms. The highest BCUT2D eigenvalue weighted by atomic mass is 32.2. The van der Waals surface area contributed by atoms with E-state index in [9.17, 15) is 13.2 Å². The van der Waals surface area contributed by atoms with Crippen LogP contribution in [0.3, 0.4) is 0 Å². The van der Waals surface area contributed by atoms with E-state index in [4.69, 9.17) is 14.2 Å². The summed E-state index contributed by atoms with van der Waals surface area (Å²) in [6, 6.07) is 19.5. The summed E-state index contributed by atoms with van der Waals surface area (Å²) in [5.74, 6) is 1.62. The van der Waals surface area contributed by atoms with Crippen LogP contribution >= 0.6 is 0 Å². The Morgan fingerprint density at radius 1 is 1.03 bits per heavy atom. The molecule has 4 rings (SSSR count). The second-order valence-corrected chi connectivity index (χ2v) is 9.83. The Morgan fingerprint density at radius 2 is 1.79 bits per heavy atom. The lowest BCUT2D eigenvalue weighted by molar-refractivity contribution is 0.0947. The van der Waals surface area contributed by atoms with Crippen molar-refractivity contribution in [2.24, 2.45) is 0 Å². The second kappa shape index (κ2) is 10.0. The zero-order valence-electron chi connectivity index (χ0n) is 19.0. The van der Waals surface area contributed by atoms with Crippen molar-refractivity contribution in [3.8, 4) is 17.2 Å². The lowest BCUT2D eigenvalue weighted by Gasteiger charge is -2.23. The van der Waals surface area contributed by atoms with Gasteiger partial charge in [0.1, 0.15) is 12.4 Å². The van der Waals surface area contributed by atoms with Gasteiger partial charge in [0.15, 0.2) is 11.5 Å². The minimum absolute atomic E-state index is 0.110. The molecule has 1 aliphatic rings. The smallest absolute Gasteiger partial charge is 0.251 e. The van der Waals surface area contributed by atoms with Crippen molar-refractivity contribution in [1.82, 2.24) is 5.32 Å². The number of carbonyl (C=O) groups excluding carboxylic acids is 1. The standard InChI is InChI=1S/C25H26N2O6S/c1-18-4-3-5-22(14-18)31-13-12-26-25(28)20-8-6-19(7-9-20)16-27(34(2,29)30)21-10-11-23-24(15-21)33-17-32-23/h3-11,14-15H,12-13,16-17H2,1-2H3,(H,26,28). The van der Waals surface area contributed by atoms with Crippen LogP contribution < -0.4 is 23.8 Å². The lowest BCUT2D eigenvalue weighted by Crippen LogP contribution is -2.29. The van der Waals surface area contributed by atoms with E-state index in [1.807, 2.05) is 31.2 Å². The zero-order valence-corrected chi connectivity index (χ0v) is 19.8. The van der Waals surface area contributed by atoms with Gasteiger partial charge in [-0.3, -0.25) is 9.10 Å². The molecule has 1 heterocycles. The van der Waals surface area contributed by atoms with Gasteiger partial charge in [0, 0.05) is 11.6 Å². The highest BCUT2D eigenvalue weighted by Crippen LogP contribution is 2.36. The first kappa shape index (κ1) is 23.4. The minimum Gasteiger partial charge on any atom is -0.492 e. The molecule has 0 radical (unpaired) electrons. The first-order valence-corrected chi connectivity index (χ1v) is 12.6. The summed E-state index contributed by atoms with van der Waals surface area (Å²) in [6.07, 6.45) is 1.15. The number of hydrogen-bond donors (Lipinski definition) is 1. The van der Waals surface area contributed by atoms with Crippen molar-refractivity contribution in [2.45, 2.75) is 13.5 Å². The van der Waals surface area contributed by atoms with Crippen molar-refractivity contribution in [2.75, 3.05) is 30.5 Å². The van der Waals surface area contributed by atoms with Crippen molar-refractivity contribution in [3.05, 3.63) is 83.4 Å². The zero-order chi connectivity index (χ0) is 24.1. The predicted molar refractivity (Wildman–Crippen MR) is 129 cm³/mol. The van der Waals surface area contributed by atoms with Gasteiger partial charge in [-0.2, -0.15) is 0 Å². The molecule has 3 aromatic rings. The SMILES string of the molecule is Cc1cccc(OCCNC(=O)c2ccc(CN(c3ccc4c(c3)OCO4)S(C)(=O)=O)cc2)c1. The fraction of sp³-hybridized carbons (Fsp3) is 0.240. The first-order valence-electron chi connectivity index (χ1n) is 10.7. The molecule has 9 heteroatoms. The highest BCUT2D eigenvalue weighted by molar-refractivity contribution is 7.92. The second-order valence-electron chi connectivity index (χ2n) is 7.92. The van der Waals surface area contributed by atoms with E-state index in [2.05, 4.69) is 5.32 Å². The average molecular weight is 483 g/mol. The molecule has 1 amide bonds. The fourth-order valence-electron chi connectivity index (χ4n) is 3.51. The van der Waals surface area contributed by atoms with Crippen LogP contribution in [0.2, 0.25) is 0 Å². The largest absolute Gasteiger partial charge is 0.492 e. The molecule has 34 heavy (non-hydrogen) atoms. The molecule has 0 saturated heterocycles.